The summed E-state index contributed by atoms with van der Waals surface area (Å²) >= 11 is 0. The Morgan fingerprint density at radius 1 is 1.19 bits per heavy atom. The van der Waals surface area contributed by atoms with Gasteiger partial charge in [-0.05, 0) is 52.0 Å². The van der Waals surface area contributed by atoms with Crippen LogP contribution in [0.2, 0.25) is 0 Å². The number of alkyl carbamates (subject to hydrolysis) is 1. The molecule has 0 radical (unpaired) electrons. The third-order valence-corrected chi connectivity index (χ3v) is 4.68. The van der Waals surface area contributed by atoms with Crippen LogP contribution in [-0.2, 0) is 4.74 Å². The van der Waals surface area contributed by atoms with Crippen LogP contribution in [0.15, 0.2) is 36.5 Å². The number of aromatic nitrogens is 2. The number of benzene rings is 1. The molecule has 0 saturated heterocycles. The average Bonchev–Trinajstić information content (AvgIpc) is 2.96. The number of ether oxygens (including phenoxy) is 1. The molecule has 1 fully saturated rings. The molecule has 3 N–H and O–H groups in total. The fraction of sp³-hybridized carbons (Fsp3) is 0.500. The van der Waals surface area contributed by atoms with E-state index < -0.39 is 5.60 Å². The predicted octanol–water partition coefficient (Wildman–Crippen LogP) is 4.14. The lowest BCUT2D eigenvalue weighted by Gasteiger charge is -2.30. The number of nitrogens with one attached hydrogen (secondary N) is 1. The minimum Gasteiger partial charge on any atom is -0.444 e. The maximum Gasteiger partial charge on any atom is 0.407 e. The molecule has 0 unspecified atom stereocenters. The number of nitrogens with zero attached hydrogens (tertiary/aromatic N) is 2. The van der Waals surface area contributed by atoms with Crippen molar-refractivity contribution in [3.05, 3.63) is 36.5 Å². The van der Waals surface area contributed by atoms with E-state index in [-0.39, 0.29) is 18.2 Å². The van der Waals surface area contributed by atoms with Crippen molar-refractivity contribution in [3.63, 3.8) is 0 Å². The summed E-state index contributed by atoms with van der Waals surface area (Å²) in [6.45, 7) is 5.61. The molecule has 1 saturated carbocycles. The number of hydrogen-bond donors (Lipinski definition) is 2. The van der Waals surface area contributed by atoms with Crippen molar-refractivity contribution in [3.8, 4) is 11.1 Å². The second kappa shape index (κ2) is 7.40. The lowest BCUT2D eigenvalue weighted by molar-refractivity contribution is 0.0487. The van der Waals surface area contributed by atoms with E-state index in [1.165, 1.54) is 0 Å². The molecule has 0 spiro atoms. The number of anilines is 1. The molecule has 3 rings (SSSR count). The van der Waals surface area contributed by atoms with E-state index in [1.54, 1.807) is 0 Å². The average molecular weight is 356 g/mol. The first-order chi connectivity index (χ1) is 12.3. The van der Waals surface area contributed by atoms with Gasteiger partial charge in [0.2, 0.25) is 0 Å². The molecule has 1 aromatic heterocycles. The second-order valence-corrected chi connectivity index (χ2v) is 7.91. The van der Waals surface area contributed by atoms with E-state index >= 15 is 0 Å². The molecule has 6 nitrogen and oxygen atoms in total. The van der Waals surface area contributed by atoms with E-state index in [2.05, 4.69) is 10.4 Å². The van der Waals surface area contributed by atoms with E-state index in [4.69, 9.17) is 10.5 Å². The second-order valence-electron chi connectivity index (χ2n) is 7.91. The van der Waals surface area contributed by atoms with E-state index in [1.807, 2.05) is 62.0 Å². The van der Waals surface area contributed by atoms with E-state index in [0.29, 0.717) is 5.82 Å². The number of hydrogen-bond acceptors (Lipinski definition) is 4. The fourth-order valence-corrected chi connectivity index (χ4v) is 3.44. The van der Waals surface area contributed by atoms with Crippen molar-refractivity contribution in [2.24, 2.45) is 0 Å². The van der Waals surface area contributed by atoms with Crippen LogP contribution >= 0.6 is 0 Å². The molecule has 0 bridgehead atoms. The predicted molar refractivity (Wildman–Crippen MR) is 103 cm³/mol. The zero-order valence-corrected chi connectivity index (χ0v) is 15.7. The number of nitrogens with two attached hydrogens (primary N) is 1. The first-order valence-electron chi connectivity index (χ1n) is 9.21. The quantitative estimate of drug-likeness (QED) is 0.866. The summed E-state index contributed by atoms with van der Waals surface area (Å²) in [5, 5.41) is 7.50. The van der Waals surface area contributed by atoms with Gasteiger partial charge in [-0.1, -0.05) is 30.3 Å². The van der Waals surface area contributed by atoms with Crippen molar-refractivity contribution in [1.82, 2.24) is 15.1 Å². The number of nitrogen functional groups attached to an aromatic ring is 1. The lowest BCUT2D eigenvalue weighted by Crippen LogP contribution is -2.41. The Bertz CT molecular complexity index is 741. The summed E-state index contributed by atoms with van der Waals surface area (Å²) < 4.78 is 7.27. The van der Waals surface area contributed by atoms with Gasteiger partial charge in [0.25, 0.3) is 0 Å². The van der Waals surface area contributed by atoms with Gasteiger partial charge in [-0.2, -0.15) is 5.10 Å². The first kappa shape index (κ1) is 18.3. The molecular weight excluding hydrogens is 328 g/mol. The highest BCUT2D eigenvalue weighted by Gasteiger charge is 2.27. The Labute approximate surface area is 154 Å². The summed E-state index contributed by atoms with van der Waals surface area (Å²) in [4.78, 5) is 11.9. The lowest BCUT2D eigenvalue weighted by atomic mass is 9.91. The highest BCUT2D eigenvalue weighted by Crippen LogP contribution is 2.34. The Kier molecular flexibility index (Phi) is 5.20. The molecule has 2 aromatic rings. The Hall–Kier alpha value is -2.50. The van der Waals surface area contributed by atoms with Crippen molar-refractivity contribution in [2.75, 3.05) is 5.73 Å². The summed E-state index contributed by atoms with van der Waals surface area (Å²) in [6, 6.07) is 10.5. The van der Waals surface area contributed by atoms with Crippen LogP contribution in [0.1, 0.15) is 52.5 Å². The summed E-state index contributed by atoms with van der Waals surface area (Å²) in [5.74, 6) is 0.708. The van der Waals surface area contributed by atoms with Crippen LogP contribution in [-0.4, -0.2) is 27.5 Å². The maximum atomic E-state index is 11.9. The number of rotatable bonds is 3. The topological polar surface area (TPSA) is 82.2 Å². The van der Waals surface area contributed by atoms with Crippen molar-refractivity contribution in [2.45, 2.75) is 64.1 Å². The molecule has 1 heterocycles. The molecule has 1 aromatic carbocycles. The minimum absolute atomic E-state index is 0.145. The van der Waals surface area contributed by atoms with Crippen molar-refractivity contribution in [1.29, 1.82) is 0 Å². The normalized spacial score (nSPS) is 20.6. The third-order valence-electron chi connectivity index (χ3n) is 4.68. The molecular formula is C20H28N4O2. The smallest absolute Gasteiger partial charge is 0.407 e. The Morgan fingerprint density at radius 3 is 2.46 bits per heavy atom. The number of carbonyl (C=O) groups is 1. The first-order valence-corrected chi connectivity index (χ1v) is 9.21. The van der Waals surface area contributed by atoms with Gasteiger partial charge in [0.05, 0.1) is 12.2 Å². The number of amides is 1. The monoisotopic (exact) mass is 356 g/mol. The van der Waals surface area contributed by atoms with E-state index in [0.717, 1.165) is 36.8 Å². The summed E-state index contributed by atoms with van der Waals surface area (Å²) in [7, 11) is 0. The highest BCUT2D eigenvalue weighted by atomic mass is 16.6. The SMILES string of the molecule is CC(C)(C)OC(=O)NC1CCC(n2ncc(-c3ccccc3)c2N)CC1. The summed E-state index contributed by atoms with van der Waals surface area (Å²) in [6.07, 6.45) is 5.15. The van der Waals surface area contributed by atoms with Gasteiger partial charge in [-0.15, -0.1) is 0 Å². The van der Waals surface area contributed by atoms with Crippen molar-refractivity contribution < 1.29 is 9.53 Å². The van der Waals surface area contributed by atoms with Gasteiger partial charge in [-0.3, -0.25) is 0 Å². The van der Waals surface area contributed by atoms with Crippen LogP contribution in [0.25, 0.3) is 11.1 Å². The number of carbonyl (C=O) groups excluding carboxylic acids is 1. The fourth-order valence-electron chi connectivity index (χ4n) is 3.44. The van der Waals surface area contributed by atoms with Gasteiger partial charge >= 0.3 is 6.09 Å². The molecule has 0 atom stereocenters. The summed E-state index contributed by atoms with van der Waals surface area (Å²) in [5.41, 5.74) is 7.94. The molecule has 1 aliphatic carbocycles. The Balaban J connectivity index is 1.59. The van der Waals surface area contributed by atoms with Gasteiger partial charge in [0, 0.05) is 11.6 Å². The van der Waals surface area contributed by atoms with Crippen LogP contribution < -0.4 is 11.1 Å². The molecule has 140 valence electrons. The van der Waals surface area contributed by atoms with Gasteiger partial charge in [0.15, 0.2) is 0 Å². The highest BCUT2D eigenvalue weighted by molar-refractivity contribution is 5.73. The largest absolute Gasteiger partial charge is 0.444 e. The van der Waals surface area contributed by atoms with E-state index in [9.17, 15) is 4.79 Å². The maximum absolute atomic E-state index is 11.9. The molecule has 1 amide bonds. The van der Waals surface area contributed by atoms with Gasteiger partial charge < -0.3 is 15.8 Å². The third kappa shape index (κ3) is 4.36. The van der Waals surface area contributed by atoms with Gasteiger partial charge in [-0.25, -0.2) is 9.48 Å². The molecule has 1 aliphatic rings. The standard InChI is InChI=1S/C20H28N4O2/c1-20(2,3)26-19(25)23-15-9-11-16(12-10-15)24-18(21)17(13-22-24)14-7-5-4-6-8-14/h4-8,13,15-16H,9-12,21H2,1-3H3,(H,23,25). The van der Waals surface area contributed by atoms with Crippen LogP contribution in [0, 0.1) is 0 Å². The van der Waals surface area contributed by atoms with Crippen LogP contribution in [0.3, 0.4) is 0 Å². The molecule has 26 heavy (non-hydrogen) atoms. The molecule has 6 heteroatoms. The minimum atomic E-state index is -0.474. The van der Waals surface area contributed by atoms with Gasteiger partial charge in [0.1, 0.15) is 11.4 Å². The zero-order chi connectivity index (χ0) is 18.7. The zero-order valence-electron chi connectivity index (χ0n) is 15.7. The Morgan fingerprint density at radius 2 is 1.85 bits per heavy atom. The van der Waals surface area contributed by atoms with Crippen LogP contribution in [0.5, 0.6) is 0 Å². The van der Waals surface area contributed by atoms with Crippen molar-refractivity contribution >= 4 is 11.9 Å². The van der Waals surface area contributed by atoms with Crippen LogP contribution in [0.4, 0.5) is 10.6 Å². The molecule has 0 aliphatic heterocycles.